The molecular weight excluding hydrogens is 633 g/mol. The molecule has 0 saturated carbocycles. The van der Waals surface area contributed by atoms with Gasteiger partial charge in [-0.2, -0.15) is 0 Å². The first-order valence-corrected chi connectivity index (χ1v) is 16.2. The van der Waals surface area contributed by atoms with Crippen LogP contribution in [0.3, 0.4) is 0 Å². The van der Waals surface area contributed by atoms with Gasteiger partial charge in [-0.3, -0.25) is 9.88 Å². The third-order valence-corrected chi connectivity index (χ3v) is 9.92. The van der Waals surface area contributed by atoms with Crippen LogP contribution >= 0.6 is 23.2 Å². The molecule has 2 aromatic heterocycles. The van der Waals surface area contributed by atoms with Crippen molar-refractivity contribution in [3.63, 3.8) is 0 Å². The summed E-state index contributed by atoms with van der Waals surface area (Å²) in [4.78, 5) is 26.7. The molecule has 4 unspecified atom stereocenters. The van der Waals surface area contributed by atoms with Crippen LogP contribution in [0.4, 0.5) is 5.69 Å². The summed E-state index contributed by atoms with van der Waals surface area (Å²) in [6.45, 7) is 6.55. The van der Waals surface area contributed by atoms with Gasteiger partial charge < -0.3 is 33.2 Å². The van der Waals surface area contributed by atoms with Crippen molar-refractivity contribution in [1.29, 1.82) is 0 Å². The lowest BCUT2D eigenvalue weighted by Crippen LogP contribution is -2.59. The van der Waals surface area contributed by atoms with E-state index in [1.807, 2.05) is 31.2 Å². The molecule has 4 atom stereocenters. The molecule has 3 fully saturated rings. The SMILES string of the molecule is COC(=O)c1cc(Cl)c2nc(CN3CCN(c4cccc5c4OC(C)(c4ccc(Cl)cn4)O5)C4COCC43)n(CC3CCO3)c2c1. The van der Waals surface area contributed by atoms with Crippen molar-refractivity contribution in [2.24, 2.45) is 0 Å². The van der Waals surface area contributed by atoms with Crippen molar-refractivity contribution in [1.82, 2.24) is 19.4 Å². The van der Waals surface area contributed by atoms with E-state index in [-0.39, 0.29) is 18.2 Å². The van der Waals surface area contributed by atoms with Gasteiger partial charge in [-0.05, 0) is 42.8 Å². The minimum Gasteiger partial charge on any atom is -0.465 e. The number of hydrogen-bond donors (Lipinski definition) is 0. The largest absolute Gasteiger partial charge is 0.465 e. The lowest BCUT2D eigenvalue weighted by molar-refractivity contribution is -0.0716. The summed E-state index contributed by atoms with van der Waals surface area (Å²) in [5.74, 6) is 0.724. The number of carbonyl (C=O) groups excluding carboxylic acids is 1. The fourth-order valence-electron chi connectivity index (χ4n) is 6.93. The predicted octanol–water partition coefficient (Wildman–Crippen LogP) is 5.05. The number of fused-ring (bicyclic) bond motifs is 3. The maximum atomic E-state index is 12.4. The highest BCUT2D eigenvalue weighted by Gasteiger charge is 2.46. The van der Waals surface area contributed by atoms with Crippen molar-refractivity contribution >= 4 is 45.9 Å². The van der Waals surface area contributed by atoms with Crippen LogP contribution in [0.25, 0.3) is 11.0 Å². The Morgan fingerprint density at radius 2 is 1.96 bits per heavy atom. The molecule has 0 N–H and O–H groups in total. The van der Waals surface area contributed by atoms with Gasteiger partial charge in [0.2, 0.25) is 0 Å². The fraction of sp³-hybridized carbons (Fsp3) is 0.424. The van der Waals surface area contributed by atoms with Crippen molar-refractivity contribution in [2.45, 2.75) is 50.4 Å². The third-order valence-electron chi connectivity index (χ3n) is 9.41. The van der Waals surface area contributed by atoms with Crippen LogP contribution in [0.2, 0.25) is 10.0 Å². The number of benzene rings is 2. The number of pyridine rings is 1. The first-order valence-electron chi connectivity index (χ1n) is 15.4. The Balaban J connectivity index is 1.08. The molecule has 13 heteroatoms. The Bertz CT molecular complexity index is 1810. The molecule has 4 aliphatic heterocycles. The first kappa shape index (κ1) is 29.8. The second kappa shape index (κ2) is 11.6. The van der Waals surface area contributed by atoms with E-state index in [1.54, 1.807) is 18.3 Å². The predicted molar refractivity (Wildman–Crippen MR) is 171 cm³/mol. The van der Waals surface area contributed by atoms with Gasteiger partial charge in [-0.1, -0.05) is 29.3 Å². The summed E-state index contributed by atoms with van der Waals surface area (Å²) < 4.78 is 31.9. The summed E-state index contributed by atoms with van der Waals surface area (Å²) in [7, 11) is 1.36. The number of piperazine rings is 1. The third kappa shape index (κ3) is 5.05. The molecule has 6 heterocycles. The van der Waals surface area contributed by atoms with E-state index in [4.69, 9.17) is 51.9 Å². The van der Waals surface area contributed by atoms with Gasteiger partial charge in [-0.15, -0.1) is 0 Å². The van der Waals surface area contributed by atoms with Gasteiger partial charge in [-0.25, -0.2) is 9.78 Å². The summed E-state index contributed by atoms with van der Waals surface area (Å²) in [5.41, 5.74) is 3.46. The normalized spacial score (nSPS) is 25.5. The molecule has 0 radical (unpaired) electrons. The molecular formula is C33H33Cl2N5O6. The topological polar surface area (TPSA) is 100 Å². The van der Waals surface area contributed by atoms with Crippen LogP contribution in [-0.4, -0.2) is 83.6 Å². The molecule has 0 amide bonds. The van der Waals surface area contributed by atoms with Crippen LogP contribution in [0.15, 0.2) is 48.7 Å². The lowest BCUT2D eigenvalue weighted by Gasteiger charge is -2.44. The van der Waals surface area contributed by atoms with Crippen molar-refractivity contribution < 1.29 is 28.5 Å². The Kier molecular flexibility index (Phi) is 7.49. The minimum absolute atomic E-state index is 0.0895. The Labute approximate surface area is 275 Å². The number of carbonyl (C=O) groups is 1. The average molecular weight is 667 g/mol. The van der Waals surface area contributed by atoms with Crippen molar-refractivity contribution in [2.75, 3.05) is 44.9 Å². The second-order valence-electron chi connectivity index (χ2n) is 12.2. The number of aromatic nitrogens is 3. The zero-order chi connectivity index (χ0) is 31.6. The van der Waals surface area contributed by atoms with Gasteiger partial charge in [0.1, 0.15) is 17.0 Å². The Morgan fingerprint density at radius 1 is 1.11 bits per heavy atom. The number of halogens is 2. The van der Waals surface area contributed by atoms with Crippen LogP contribution in [0.1, 0.15) is 35.2 Å². The van der Waals surface area contributed by atoms with Crippen molar-refractivity contribution in [3.05, 3.63) is 75.8 Å². The smallest absolute Gasteiger partial charge is 0.337 e. The number of hydrogen-bond acceptors (Lipinski definition) is 10. The van der Waals surface area contributed by atoms with E-state index in [0.29, 0.717) is 64.6 Å². The fourth-order valence-corrected chi connectivity index (χ4v) is 7.30. The number of anilines is 1. The van der Waals surface area contributed by atoms with Gasteiger partial charge in [0.25, 0.3) is 5.79 Å². The molecule has 2 aromatic carbocycles. The zero-order valence-corrected chi connectivity index (χ0v) is 27.0. The molecule has 4 aliphatic rings. The van der Waals surface area contributed by atoms with E-state index in [9.17, 15) is 4.79 Å². The number of imidazole rings is 1. The lowest BCUT2D eigenvalue weighted by atomic mass is 10.0. The van der Waals surface area contributed by atoms with Gasteiger partial charge >= 0.3 is 5.97 Å². The highest BCUT2D eigenvalue weighted by atomic mass is 35.5. The van der Waals surface area contributed by atoms with Crippen LogP contribution in [-0.2, 0) is 33.1 Å². The Morgan fingerprint density at radius 3 is 2.72 bits per heavy atom. The number of para-hydroxylation sites is 1. The summed E-state index contributed by atoms with van der Waals surface area (Å²) >= 11 is 12.8. The van der Waals surface area contributed by atoms with E-state index < -0.39 is 11.8 Å². The maximum absolute atomic E-state index is 12.4. The zero-order valence-electron chi connectivity index (χ0n) is 25.4. The quantitative estimate of drug-likeness (QED) is 0.249. The highest BCUT2D eigenvalue weighted by molar-refractivity contribution is 6.35. The van der Waals surface area contributed by atoms with Crippen LogP contribution in [0, 0.1) is 0 Å². The number of nitrogens with zero attached hydrogens (tertiary/aromatic N) is 5. The summed E-state index contributed by atoms with van der Waals surface area (Å²) in [6.07, 6.45) is 2.66. The van der Waals surface area contributed by atoms with Crippen LogP contribution in [0.5, 0.6) is 11.5 Å². The molecule has 3 saturated heterocycles. The van der Waals surface area contributed by atoms with E-state index in [2.05, 4.69) is 25.4 Å². The van der Waals surface area contributed by atoms with Gasteiger partial charge in [0, 0.05) is 32.8 Å². The Hall–Kier alpha value is -3.61. The molecule has 11 nitrogen and oxygen atoms in total. The second-order valence-corrected chi connectivity index (χ2v) is 13.0. The molecule has 0 spiro atoms. The van der Waals surface area contributed by atoms with E-state index in [0.717, 1.165) is 43.1 Å². The molecule has 0 bridgehead atoms. The summed E-state index contributed by atoms with van der Waals surface area (Å²) in [6, 6.07) is 13.2. The minimum atomic E-state index is -1.07. The molecule has 0 aliphatic carbocycles. The van der Waals surface area contributed by atoms with Gasteiger partial charge in [0.05, 0.1) is 78.4 Å². The molecule has 46 heavy (non-hydrogen) atoms. The number of rotatable bonds is 7. The number of methoxy groups -OCH3 is 1. The molecule has 8 rings (SSSR count). The first-order chi connectivity index (χ1) is 22.3. The number of ether oxygens (including phenoxy) is 5. The highest BCUT2D eigenvalue weighted by Crippen LogP contribution is 2.50. The summed E-state index contributed by atoms with van der Waals surface area (Å²) in [5, 5.41) is 0.968. The monoisotopic (exact) mass is 665 g/mol. The van der Waals surface area contributed by atoms with Crippen molar-refractivity contribution in [3.8, 4) is 11.5 Å². The molecule has 4 aromatic rings. The number of esters is 1. The standard InChI is InChI=1S/C33H33Cl2N5O6/c1-33(28-7-6-20(34)14-36-28)45-27-5-3-4-23(31(27)46-33)39-10-9-38(25-17-43-18-26(25)39)16-29-37-30-22(35)12-19(32(41)42-2)13-24(30)40(29)15-21-8-11-44-21/h3-7,12-14,21,25-26H,8-11,15-18H2,1-2H3. The van der Waals surface area contributed by atoms with Crippen LogP contribution < -0.4 is 14.4 Å². The average Bonchev–Trinajstić information content (AvgIpc) is 3.75. The molecule has 240 valence electrons. The van der Waals surface area contributed by atoms with E-state index >= 15 is 0 Å². The van der Waals surface area contributed by atoms with E-state index in [1.165, 1.54) is 7.11 Å². The maximum Gasteiger partial charge on any atom is 0.337 e. The van der Waals surface area contributed by atoms with Gasteiger partial charge in [0.15, 0.2) is 11.5 Å².